The summed E-state index contributed by atoms with van der Waals surface area (Å²) < 4.78 is 0. The largest absolute Gasteiger partial charge is 0.369 e. The topological polar surface area (TPSA) is 57.2 Å². The highest BCUT2D eigenvalue weighted by atomic mass is 15.2. The standard InChI is InChI=1S/C20H22N6/c1-25-12-14-26(15-13-25)17-7-5-16(6-8-17)23-20-22-11-9-19(24-20)18-4-2-3-10-21-18/h2-11H,12-15H2,1H3,(H,22,23,24). The molecule has 0 atom stereocenters. The summed E-state index contributed by atoms with van der Waals surface area (Å²) >= 11 is 0. The monoisotopic (exact) mass is 346 g/mol. The molecule has 0 saturated carbocycles. The second-order valence-corrected chi connectivity index (χ2v) is 6.44. The van der Waals surface area contributed by atoms with Gasteiger partial charge in [0.15, 0.2) is 0 Å². The molecule has 1 N–H and O–H groups in total. The Morgan fingerprint density at radius 2 is 1.62 bits per heavy atom. The highest BCUT2D eigenvalue weighted by Gasteiger charge is 2.14. The fourth-order valence-electron chi connectivity index (χ4n) is 3.03. The SMILES string of the molecule is CN1CCN(c2ccc(Nc3nccc(-c4ccccn4)n3)cc2)CC1. The van der Waals surface area contributed by atoms with Crippen molar-refractivity contribution in [3.63, 3.8) is 0 Å². The number of benzene rings is 1. The second-order valence-electron chi connectivity index (χ2n) is 6.44. The number of nitrogens with zero attached hydrogens (tertiary/aromatic N) is 5. The summed E-state index contributed by atoms with van der Waals surface area (Å²) in [6.07, 6.45) is 3.51. The van der Waals surface area contributed by atoms with Crippen LogP contribution in [0.4, 0.5) is 17.3 Å². The van der Waals surface area contributed by atoms with E-state index in [9.17, 15) is 0 Å². The van der Waals surface area contributed by atoms with Gasteiger partial charge in [-0.15, -0.1) is 0 Å². The van der Waals surface area contributed by atoms with E-state index in [0.717, 1.165) is 43.3 Å². The van der Waals surface area contributed by atoms with Crippen molar-refractivity contribution in [1.82, 2.24) is 19.9 Å². The Kier molecular flexibility index (Phi) is 4.75. The number of hydrogen-bond donors (Lipinski definition) is 1. The highest BCUT2D eigenvalue weighted by Crippen LogP contribution is 2.22. The van der Waals surface area contributed by atoms with Crippen molar-refractivity contribution in [3.05, 3.63) is 60.9 Å². The summed E-state index contributed by atoms with van der Waals surface area (Å²) in [7, 11) is 2.17. The van der Waals surface area contributed by atoms with Gasteiger partial charge in [0.05, 0.1) is 11.4 Å². The number of aromatic nitrogens is 3. The van der Waals surface area contributed by atoms with Crippen molar-refractivity contribution in [3.8, 4) is 11.4 Å². The zero-order valence-electron chi connectivity index (χ0n) is 14.8. The molecular formula is C20H22N6. The number of likely N-dealkylation sites (N-methyl/N-ethyl adjacent to an activating group) is 1. The fourth-order valence-corrected chi connectivity index (χ4v) is 3.03. The summed E-state index contributed by atoms with van der Waals surface area (Å²) in [6.45, 7) is 4.35. The van der Waals surface area contributed by atoms with Crippen LogP contribution in [0.15, 0.2) is 60.9 Å². The van der Waals surface area contributed by atoms with Crippen LogP contribution in [0.5, 0.6) is 0 Å². The third kappa shape index (κ3) is 3.81. The second kappa shape index (κ2) is 7.49. The lowest BCUT2D eigenvalue weighted by Gasteiger charge is -2.34. The van der Waals surface area contributed by atoms with Crippen LogP contribution in [0.3, 0.4) is 0 Å². The van der Waals surface area contributed by atoms with Crippen LogP contribution in [0.1, 0.15) is 0 Å². The van der Waals surface area contributed by atoms with Gasteiger partial charge in [-0.25, -0.2) is 9.97 Å². The molecule has 1 saturated heterocycles. The molecule has 3 heterocycles. The lowest BCUT2D eigenvalue weighted by atomic mass is 10.2. The van der Waals surface area contributed by atoms with Gasteiger partial charge >= 0.3 is 0 Å². The van der Waals surface area contributed by atoms with Crippen molar-refractivity contribution in [2.75, 3.05) is 43.4 Å². The summed E-state index contributed by atoms with van der Waals surface area (Å²) in [5.74, 6) is 0.570. The summed E-state index contributed by atoms with van der Waals surface area (Å²) in [6, 6.07) is 16.1. The van der Waals surface area contributed by atoms with Gasteiger partial charge in [0.1, 0.15) is 0 Å². The summed E-state index contributed by atoms with van der Waals surface area (Å²) in [5, 5.41) is 3.27. The maximum Gasteiger partial charge on any atom is 0.227 e. The quantitative estimate of drug-likeness (QED) is 0.784. The van der Waals surface area contributed by atoms with Crippen molar-refractivity contribution in [1.29, 1.82) is 0 Å². The normalized spacial score (nSPS) is 15.0. The average molecular weight is 346 g/mol. The van der Waals surface area contributed by atoms with Crippen molar-refractivity contribution in [2.45, 2.75) is 0 Å². The Morgan fingerprint density at radius 3 is 2.35 bits per heavy atom. The molecule has 0 aliphatic carbocycles. The van der Waals surface area contributed by atoms with Crippen LogP contribution in [0.2, 0.25) is 0 Å². The van der Waals surface area contributed by atoms with Crippen LogP contribution in [0, 0.1) is 0 Å². The average Bonchev–Trinajstić information content (AvgIpc) is 2.70. The molecule has 26 heavy (non-hydrogen) atoms. The molecule has 0 bridgehead atoms. The van der Waals surface area contributed by atoms with Gasteiger partial charge in [-0.3, -0.25) is 4.98 Å². The van der Waals surface area contributed by atoms with E-state index in [1.54, 1.807) is 12.4 Å². The van der Waals surface area contributed by atoms with E-state index >= 15 is 0 Å². The van der Waals surface area contributed by atoms with Gasteiger partial charge in [0, 0.05) is 49.9 Å². The Labute approximate surface area is 153 Å². The number of nitrogens with one attached hydrogen (secondary N) is 1. The van der Waals surface area contributed by atoms with E-state index in [1.807, 2.05) is 24.3 Å². The molecule has 1 aliphatic heterocycles. The molecule has 6 heteroatoms. The van der Waals surface area contributed by atoms with Gasteiger partial charge in [-0.2, -0.15) is 0 Å². The zero-order valence-corrected chi connectivity index (χ0v) is 14.8. The molecule has 1 aliphatic rings. The van der Waals surface area contributed by atoms with Gasteiger partial charge in [-0.05, 0) is 49.5 Å². The zero-order chi connectivity index (χ0) is 17.8. The van der Waals surface area contributed by atoms with E-state index < -0.39 is 0 Å². The Morgan fingerprint density at radius 1 is 0.808 bits per heavy atom. The van der Waals surface area contributed by atoms with Crippen molar-refractivity contribution in [2.24, 2.45) is 0 Å². The van der Waals surface area contributed by atoms with Gasteiger partial charge < -0.3 is 15.1 Å². The lowest BCUT2D eigenvalue weighted by Crippen LogP contribution is -2.44. The maximum atomic E-state index is 4.56. The minimum Gasteiger partial charge on any atom is -0.369 e. The minimum absolute atomic E-state index is 0.570. The first kappa shape index (κ1) is 16.5. The van der Waals surface area contributed by atoms with Gasteiger partial charge in [0.2, 0.25) is 5.95 Å². The van der Waals surface area contributed by atoms with Crippen molar-refractivity contribution >= 4 is 17.3 Å². The van der Waals surface area contributed by atoms with Crippen LogP contribution in [-0.2, 0) is 0 Å². The molecule has 0 amide bonds. The molecule has 1 fully saturated rings. The number of pyridine rings is 1. The maximum absolute atomic E-state index is 4.56. The number of piperazine rings is 1. The number of anilines is 3. The van der Waals surface area contributed by atoms with Crippen LogP contribution < -0.4 is 10.2 Å². The van der Waals surface area contributed by atoms with E-state index in [-0.39, 0.29) is 0 Å². The number of rotatable bonds is 4. The Bertz CT molecular complexity index is 842. The first-order chi connectivity index (χ1) is 12.8. The van der Waals surface area contributed by atoms with Crippen LogP contribution in [0.25, 0.3) is 11.4 Å². The first-order valence-corrected chi connectivity index (χ1v) is 8.83. The summed E-state index contributed by atoms with van der Waals surface area (Å²) in [5.41, 5.74) is 3.87. The fraction of sp³-hybridized carbons (Fsp3) is 0.250. The van der Waals surface area contributed by atoms with Crippen LogP contribution >= 0.6 is 0 Å². The van der Waals surface area contributed by atoms with E-state index in [2.05, 4.69) is 61.4 Å². The molecule has 3 aromatic rings. The van der Waals surface area contributed by atoms with Crippen LogP contribution in [-0.4, -0.2) is 53.1 Å². The molecule has 0 spiro atoms. The lowest BCUT2D eigenvalue weighted by molar-refractivity contribution is 0.313. The first-order valence-electron chi connectivity index (χ1n) is 8.83. The Balaban J connectivity index is 1.46. The molecule has 0 unspecified atom stereocenters. The molecule has 132 valence electrons. The van der Waals surface area contributed by atoms with Gasteiger partial charge in [-0.1, -0.05) is 6.07 Å². The molecular weight excluding hydrogens is 324 g/mol. The predicted octanol–water partition coefficient (Wildman–Crippen LogP) is 3.03. The van der Waals surface area contributed by atoms with Crippen molar-refractivity contribution < 1.29 is 0 Å². The minimum atomic E-state index is 0.570. The smallest absolute Gasteiger partial charge is 0.227 e. The molecule has 6 nitrogen and oxygen atoms in total. The molecule has 1 aromatic carbocycles. The highest BCUT2D eigenvalue weighted by molar-refractivity contribution is 5.61. The molecule has 2 aromatic heterocycles. The third-order valence-electron chi connectivity index (χ3n) is 4.57. The Hall–Kier alpha value is -2.99. The predicted molar refractivity (Wildman–Crippen MR) is 105 cm³/mol. The third-order valence-corrected chi connectivity index (χ3v) is 4.57. The van der Waals surface area contributed by atoms with E-state index in [4.69, 9.17) is 0 Å². The van der Waals surface area contributed by atoms with E-state index in [0.29, 0.717) is 5.95 Å². The summed E-state index contributed by atoms with van der Waals surface area (Å²) in [4.78, 5) is 18.0. The number of hydrogen-bond acceptors (Lipinski definition) is 6. The van der Waals surface area contributed by atoms with Gasteiger partial charge in [0.25, 0.3) is 0 Å². The molecule has 0 radical (unpaired) electrons. The van der Waals surface area contributed by atoms with E-state index in [1.165, 1.54) is 5.69 Å². The molecule has 4 rings (SSSR count).